The number of amides is 1. The van der Waals surface area contributed by atoms with Crippen molar-refractivity contribution < 1.29 is 9.18 Å². The van der Waals surface area contributed by atoms with Crippen molar-refractivity contribution in [2.75, 3.05) is 5.32 Å². The van der Waals surface area contributed by atoms with Crippen LogP contribution >= 0.6 is 11.8 Å². The molecule has 4 aromatic rings. The SMILES string of the molecule is C=CCn1c(SC(C)C(=O)Nc2cccc3ccccc23)nnc1-c1ccccc1F. The molecule has 3 aromatic carbocycles. The average molecular weight is 433 g/mol. The summed E-state index contributed by atoms with van der Waals surface area (Å²) in [5, 5.41) is 13.5. The third kappa shape index (κ3) is 4.36. The summed E-state index contributed by atoms with van der Waals surface area (Å²) < 4.78 is 16.0. The van der Waals surface area contributed by atoms with Crippen LogP contribution in [-0.2, 0) is 11.3 Å². The highest BCUT2D eigenvalue weighted by atomic mass is 32.2. The number of nitrogens with zero attached hydrogens (tertiary/aromatic N) is 3. The molecule has 0 radical (unpaired) electrons. The molecule has 1 heterocycles. The molecule has 0 saturated carbocycles. The second-order valence-electron chi connectivity index (χ2n) is 6.96. The van der Waals surface area contributed by atoms with Gasteiger partial charge in [0.25, 0.3) is 0 Å². The summed E-state index contributed by atoms with van der Waals surface area (Å²) in [6.45, 7) is 5.98. The molecule has 0 aliphatic heterocycles. The minimum atomic E-state index is -0.444. The van der Waals surface area contributed by atoms with Gasteiger partial charge in [-0.25, -0.2) is 4.39 Å². The molecule has 0 saturated heterocycles. The van der Waals surface area contributed by atoms with E-state index in [1.54, 1.807) is 35.8 Å². The summed E-state index contributed by atoms with van der Waals surface area (Å²) in [4.78, 5) is 12.9. The first-order chi connectivity index (χ1) is 15.1. The van der Waals surface area contributed by atoms with Gasteiger partial charge in [0.15, 0.2) is 11.0 Å². The lowest BCUT2D eigenvalue weighted by Gasteiger charge is -2.14. The van der Waals surface area contributed by atoms with Crippen molar-refractivity contribution in [3.63, 3.8) is 0 Å². The van der Waals surface area contributed by atoms with Gasteiger partial charge >= 0.3 is 0 Å². The normalized spacial score (nSPS) is 11.9. The van der Waals surface area contributed by atoms with Crippen molar-refractivity contribution >= 4 is 34.1 Å². The quantitative estimate of drug-likeness (QED) is 0.308. The summed E-state index contributed by atoms with van der Waals surface area (Å²) in [5.41, 5.74) is 1.12. The topological polar surface area (TPSA) is 59.8 Å². The van der Waals surface area contributed by atoms with Gasteiger partial charge in [-0.2, -0.15) is 0 Å². The van der Waals surface area contributed by atoms with Crippen molar-refractivity contribution in [3.8, 4) is 11.4 Å². The molecule has 1 unspecified atom stereocenters. The van der Waals surface area contributed by atoms with Crippen LogP contribution in [-0.4, -0.2) is 25.9 Å². The zero-order valence-electron chi connectivity index (χ0n) is 17.0. The maximum absolute atomic E-state index is 14.3. The fraction of sp³-hybridized carbons (Fsp3) is 0.125. The van der Waals surface area contributed by atoms with E-state index in [0.29, 0.717) is 23.1 Å². The second kappa shape index (κ2) is 9.14. The maximum Gasteiger partial charge on any atom is 0.237 e. The summed E-state index contributed by atoms with van der Waals surface area (Å²) in [7, 11) is 0. The molecule has 1 amide bonds. The number of allylic oxidation sites excluding steroid dienone is 1. The number of fused-ring (bicyclic) bond motifs is 1. The van der Waals surface area contributed by atoms with E-state index in [1.165, 1.54) is 17.8 Å². The predicted molar refractivity (Wildman–Crippen MR) is 124 cm³/mol. The number of carbonyl (C=O) groups is 1. The third-order valence-corrected chi connectivity index (χ3v) is 5.92. The number of hydrogen-bond acceptors (Lipinski definition) is 4. The van der Waals surface area contributed by atoms with E-state index in [2.05, 4.69) is 22.1 Å². The largest absolute Gasteiger partial charge is 0.325 e. The van der Waals surface area contributed by atoms with E-state index in [-0.39, 0.29) is 11.7 Å². The number of halogens is 1. The van der Waals surface area contributed by atoms with Crippen LogP contribution in [0.5, 0.6) is 0 Å². The molecular weight excluding hydrogens is 411 g/mol. The molecule has 156 valence electrons. The molecule has 7 heteroatoms. The van der Waals surface area contributed by atoms with Gasteiger partial charge in [0, 0.05) is 17.6 Å². The smallest absolute Gasteiger partial charge is 0.237 e. The molecule has 1 N–H and O–H groups in total. The fourth-order valence-corrected chi connectivity index (χ4v) is 4.15. The second-order valence-corrected chi connectivity index (χ2v) is 8.27. The molecule has 0 spiro atoms. The van der Waals surface area contributed by atoms with Crippen molar-refractivity contribution in [3.05, 3.63) is 85.2 Å². The van der Waals surface area contributed by atoms with Gasteiger partial charge < -0.3 is 5.32 Å². The van der Waals surface area contributed by atoms with E-state index in [9.17, 15) is 9.18 Å². The Morgan fingerprint density at radius 3 is 2.68 bits per heavy atom. The Morgan fingerprint density at radius 2 is 1.87 bits per heavy atom. The van der Waals surface area contributed by atoms with Crippen molar-refractivity contribution in [1.29, 1.82) is 0 Å². The molecule has 4 rings (SSSR count). The van der Waals surface area contributed by atoms with E-state index in [0.717, 1.165) is 16.5 Å². The molecule has 5 nitrogen and oxygen atoms in total. The third-order valence-electron chi connectivity index (χ3n) is 4.84. The van der Waals surface area contributed by atoms with Gasteiger partial charge in [-0.15, -0.1) is 16.8 Å². The summed E-state index contributed by atoms with van der Waals surface area (Å²) in [5.74, 6) is -0.123. The van der Waals surface area contributed by atoms with Crippen LogP contribution in [0.25, 0.3) is 22.2 Å². The highest BCUT2D eigenvalue weighted by Crippen LogP contribution is 2.29. The predicted octanol–water partition coefficient (Wildman–Crippen LogP) is 5.54. The highest BCUT2D eigenvalue weighted by molar-refractivity contribution is 8.00. The number of anilines is 1. The minimum absolute atomic E-state index is 0.151. The van der Waals surface area contributed by atoms with Gasteiger partial charge in [0.2, 0.25) is 5.91 Å². The van der Waals surface area contributed by atoms with Crippen LogP contribution < -0.4 is 5.32 Å². The number of benzene rings is 3. The lowest BCUT2D eigenvalue weighted by Crippen LogP contribution is -2.23. The van der Waals surface area contributed by atoms with Crippen LogP contribution in [0.3, 0.4) is 0 Å². The number of thioether (sulfide) groups is 1. The van der Waals surface area contributed by atoms with Crippen molar-refractivity contribution in [2.24, 2.45) is 0 Å². The first-order valence-corrected chi connectivity index (χ1v) is 10.7. The van der Waals surface area contributed by atoms with E-state index >= 15 is 0 Å². The van der Waals surface area contributed by atoms with Gasteiger partial charge in [0.1, 0.15) is 5.82 Å². The number of nitrogens with one attached hydrogen (secondary N) is 1. The van der Waals surface area contributed by atoms with E-state index in [1.807, 2.05) is 42.5 Å². The fourth-order valence-electron chi connectivity index (χ4n) is 3.29. The van der Waals surface area contributed by atoms with E-state index < -0.39 is 5.25 Å². The van der Waals surface area contributed by atoms with E-state index in [4.69, 9.17) is 0 Å². The Bertz CT molecular complexity index is 1250. The lowest BCUT2D eigenvalue weighted by atomic mass is 10.1. The number of carbonyl (C=O) groups excluding carboxylic acids is 1. The molecule has 0 aliphatic rings. The molecule has 1 aromatic heterocycles. The van der Waals surface area contributed by atoms with Crippen LogP contribution in [0.4, 0.5) is 10.1 Å². The number of aromatic nitrogens is 3. The molecule has 0 aliphatic carbocycles. The standard InChI is InChI=1S/C24H21FN4OS/c1-3-15-29-22(19-12-6-7-13-20(19)25)27-28-24(29)31-16(2)23(30)26-21-14-8-10-17-9-4-5-11-18(17)21/h3-14,16H,1,15H2,2H3,(H,26,30). The Hall–Kier alpha value is -3.45. The Balaban J connectivity index is 1.57. The minimum Gasteiger partial charge on any atom is -0.325 e. The Labute approximate surface area is 184 Å². The molecule has 31 heavy (non-hydrogen) atoms. The Morgan fingerprint density at radius 1 is 1.13 bits per heavy atom. The van der Waals surface area contributed by atoms with Gasteiger partial charge in [-0.05, 0) is 30.5 Å². The molecule has 0 fully saturated rings. The van der Waals surface area contributed by atoms with Crippen molar-refractivity contribution in [1.82, 2.24) is 14.8 Å². The first-order valence-electron chi connectivity index (χ1n) is 9.82. The van der Waals surface area contributed by atoms with Gasteiger partial charge in [-0.3, -0.25) is 9.36 Å². The van der Waals surface area contributed by atoms with Crippen LogP contribution in [0.2, 0.25) is 0 Å². The Kier molecular flexibility index (Phi) is 6.13. The number of rotatable bonds is 7. The summed E-state index contributed by atoms with van der Waals surface area (Å²) >= 11 is 1.27. The zero-order chi connectivity index (χ0) is 21.8. The van der Waals surface area contributed by atoms with Crippen molar-refractivity contribution in [2.45, 2.75) is 23.9 Å². The monoisotopic (exact) mass is 432 g/mol. The van der Waals surface area contributed by atoms with Crippen LogP contribution in [0, 0.1) is 5.82 Å². The number of hydrogen-bond donors (Lipinski definition) is 1. The maximum atomic E-state index is 14.3. The summed E-state index contributed by atoms with van der Waals surface area (Å²) in [6.07, 6.45) is 1.69. The van der Waals surface area contributed by atoms with Crippen LogP contribution in [0.1, 0.15) is 6.92 Å². The van der Waals surface area contributed by atoms with Crippen LogP contribution in [0.15, 0.2) is 84.5 Å². The lowest BCUT2D eigenvalue weighted by molar-refractivity contribution is -0.115. The zero-order valence-corrected chi connectivity index (χ0v) is 17.8. The highest BCUT2D eigenvalue weighted by Gasteiger charge is 2.22. The summed E-state index contributed by atoms with van der Waals surface area (Å²) in [6, 6.07) is 20.1. The average Bonchev–Trinajstić information content (AvgIpc) is 3.16. The first kappa shape index (κ1) is 20.8. The van der Waals surface area contributed by atoms with Gasteiger partial charge in [-0.1, -0.05) is 66.4 Å². The molecular formula is C24H21FN4OS. The van der Waals surface area contributed by atoms with Gasteiger partial charge in [0.05, 0.1) is 10.8 Å². The molecule has 1 atom stereocenters. The molecule has 0 bridgehead atoms.